The van der Waals surface area contributed by atoms with E-state index in [1.807, 2.05) is 0 Å². The molecule has 10 aromatic carbocycles. The average molecular weight is 851 g/mol. The average Bonchev–Trinajstić information content (AvgIpc) is 3.68. The van der Waals surface area contributed by atoms with Crippen LogP contribution in [-0.2, 0) is 21.7 Å². The van der Waals surface area contributed by atoms with Crippen molar-refractivity contribution in [3.8, 4) is 66.8 Å². The zero-order chi connectivity index (χ0) is 45.7. The smallest absolute Gasteiger partial charge is 0.0159 e. The van der Waals surface area contributed by atoms with E-state index >= 15 is 0 Å². The fourth-order valence-corrected chi connectivity index (χ4v) is 11.9. The Hall–Kier alpha value is -6.76. The second-order valence-electron chi connectivity index (χ2n) is 22.6. The number of rotatable bonds is 4. The first kappa shape index (κ1) is 40.7. The molecule has 0 radical (unpaired) electrons. The summed E-state index contributed by atoms with van der Waals surface area (Å²) in [5, 5.41) is 8.07. The molecule has 12 rings (SSSR count). The highest BCUT2D eigenvalue weighted by Crippen LogP contribution is 2.53. The summed E-state index contributed by atoms with van der Waals surface area (Å²) in [6, 6.07) is 65.5. The van der Waals surface area contributed by atoms with Crippen LogP contribution in [0.4, 0.5) is 0 Å². The fourth-order valence-electron chi connectivity index (χ4n) is 11.9. The van der Waals surface area contributed by atoms with Gasteiger partial charge in [0.1, 0.15) is 0 Å². The topological polar surface area (TPSA) is 0 Å². The Morgan fingerprint density at radius 1 is 0.318 bits per heavy atom. The van der Waals surface area contributed by atoms with E-state index in [0.29, 0.717) is 0 Å². The van der Waals surface area contributed by atoms with Gasteiger partial charge in [-0.3, -0.25) is 0 Å². The highest BCUT2D eigenvalue weighted by molar-refractivity contribution is 6.26. The summed E-state index contributed by atoms with van der Waals surface area (Å²) in [7, 11) is 0. The van der Waals surface area contributed by atoms with Crippen LogP contribution >= 0.6 is 0 Å². The van der Waals surface area contributed by atoms with Gasteiger partial charge in [-0.05, 0) is 168 Å². The molecular formula is C66H58. The Balaban J connectivity index is 0.843. The van der Waals surface area contributed by atoms with E-state index in [1.165, 1.54) is 132 Å². The van der Waals surface area contributed by atoms with E-state index in [9.17, 15) is 0 Å². The summed E-state index contributed by atoms with van der Waals surface area (Å²) >= 11 is 0. The van der Waals surface area contributed by atoms with Gasteiger partial charge in [0.25, 0.3) is 0 Å². The molecule has 0 aromatic heterocycles. The van der Waals surface area contributed by atoms with E-state index in [2.05, 4.69) is 239 Å². The first-order chi connectivity index (χ1) is 31.5. The highest BCUT2D eigenvalue weighted by Gasteiger charge is 2.38. The quantitative estimate of drug-likeness (QED) is 0.155. The van der Waals surface area contributed by atoms with Gasteiger partial charge >= 0.3 is 0 Å². The molecule has 2 aliphatic rings. The van der Waals surface area contributed by atoms with Gasteiger partial charge in [-0.1, -0.05) is 215 Å². The van der Waals surface area contributed by atoms with Crippen molar-refractivity contribution in [2.45, 2.75) is 90.9 Å². The zero-order valence-electron chi connectivity index (χ0n) is 40.2. The first-order valence-electron chi connectivity index (χ1n) is 24.0. The second-order valence-corrected chi connectivity index (χ2v) is 22.6. The lowest BCUT2D eigenvalue weighted by molar-refractivity contribution is 0.591. The first-order valence-corrected chi connectivity index (χ1v) is 24.0. The van der Waals surface area contributed by atoms with Crippen LogP contribution in [0.1, 0.15) is 103 Å². The minimum Gasteiger partial charge on any atom is -0.0619 e. The van der Waals surface area contributed by atoms with Crippen LogP contribution in [0, 0.1) is 0 Å². The summed E-state index contributed by atoms with van der Waals surface area (Å²) in [6.45, 7) is 23.5. The Morgan fingerprint density at radius 3 is 1.21 bits per heavy atom. The van der Waals surface area contributed by atoms with Crippen LogP contribution in [0.15, 0.2) is 170 Å². The normalized spacial score (nSPS) is 14.8. The van der Waals surface area contributed by atoms with E-state index in [1.54, 1.807) is 0 Å². The van der Waals surface area contributed by atoms with Gasteiger partial charge in [-0.25, -0.2) is 0 Å². The van der Waals surface area contributed by atoms with Crippen molar-refractivity contribution < 1.29 is 0 Å². The Morgan fingerprint density at radius 2 is 0.712 bits per heavy atom. The van der Waals surface area contributed by atoms with Crippen molar-refractivity contribution in [2.75, 3.05) is 0 Å². The summed E-state index contributed by atoms with van der Waals surface area (Å²) in [5.74, 6) is 0. The molecule has 0 heteroatoms. The van der Waals surface area contributed by atoms with Gasteiger partial charge < -0.3 is 0 Å². The molecule has 0 N–H and O–H groups in total. The highest BCUT2D eigenvalue weighted by atomic mass is 14.4. The number of fused-ring (bicyclic) bond motifs is 6. The number of hydrogen-bond acceptors (Lipinski definition) is 0. The second kappa shape index (κ2) is 13.9. The summed E-state index contributed by atoms with van der Waals surface area (Å²) in [5.41, 5.74) is 23.9. The van der Waals surface area contributed by atoms with Gasteiger partial charge in [-0.15, -0.1) is 0 Å². The predicted octanol–water partition coefficient (Wildman–Crippen LogP) is 18.5. The van der Waals surface area contributed by atoms with Crippen molar-refractivity contribution in [1.82, 2.24) is 0 Å². The van der Waals surface area contributed by atoms with Gasteiger partial charge in [0.05, 0.1) is 0 Å². The molecule has 66 heavy (non-hydrogen) atoms. The van der Waals surface area contributed by atoms with Crippen LogP contribution < -0.4 is 0 Å². The van der Waals surface area contributed by atoms with Crippen molar-refractivity contribution in [3.05, 3.63) is 203 Å². The number of benzene rings is 10. The van der Waals surface area contributed by atoms with E-state index in [-0.39, 0.29) is 21.7 Å². The molecule has 0 atom stereocenters. The van der Waals surface area contributed by atoms with Crippen molar-refractivity contribution in [2.24, 2.45) is 0 Å². The summed E-state index contributed by atoms with van der Waals surface area (Å²) in [6.07, 6.45) is 0. The van der Waals surface area contributed by atoms with Crippen LogP contribution in [0.2, 0.25) is 0 Å². The molecule has 0 spiro atoms. The largest absolute Gasteiger partial charge is 0.0619 e. The predicted molar refractivity (Wildman–Crippen MR) is 284 cm³/mol. The third-order valence-electron chi connectivity index (χ3n) is 15.7. The van der Waals surface area contributed by atoms with Crippen molar-refractivity contribution in [3.63, 3.8) is 0 Å². The Kier molecular flexibility index (Phi) is 8.57. The standard InChI is InChI=1S/C66H58/c1-63(2,3)49-33-46-23-24-48-38-59(64(4,5)6)61(54-32-28-47(34-49)60(46)62(48)54)42-21-19-40(20-22-42)39-15-17-41(18-16-39)43-25-29-52-53-31-27-45(37-58(53)66(9,10)57(52)35-43)44-26-30-51-50-13-11-12-14-55(50)65(7,8)56(51)36-44/h11-38H,1-10H3. The lowest BCUT2D eigenvalue weighted by atomic mass is 9.77. The molecule has 10 aromatic rings. The lowest BCUT2D eigenvalue weighted by Gasteiger charge is -2.27. The van der Waals surface area contributed by atoms with E-state index in [0.717, 1.165) is 0 Å². The molecule has 322 valence electrons. The van der Waals surface area contributed by atoms with Crippen molar-refractivity contribution in [1.29, 1.82) is 0 Å². The Labute approximate surface area is 391 Å². The van der Waals surface area contributed by atoms with Crippen LogP contribution in [0.5, 0.6) is 0 Å². The van der Waals surface area contributed by atoms with Gasteiger partial charge in [0, 0.05) is 10.8 Å². The molecule has 0 saturated carbocycles. The molecule has 0 heterocycles. The van der Waals surface area contributed by atoms with E-state index < -0.39 is 0 Å². The van der Waals surface area contributed by atoms with Crippen LogP contribution in [-0.4, -0.2) is 0 Å². The van der Waals surface area contributed by atoms with Gasteiger partial charge in [0.15, 0.2) is 0 Å². The molecule has 2 aliphatic carbocycles. The Bertz CT molecular complexity index is 3590. The van der Waals surface area contributed by atoms with E-state index in [4.69, 9.17) is 0 Å². The zero-order valence-corrected chi connectivity index (χ0v) is 40.2. The molecule has 0 bridgehead atoms. The fraction of sp³-hybridized carbons (Fsp3) is 0.212. The minimum atomic E-state index is -0.123. The summed E-state index contributed by atoms with van der Waals surface area (Å²) in [4.78, 5) is 0. The summed E-state index contributed by atoms with van der Waals surface area (Å²) < 4.78 is 0. The molecule has 0 amide bonds. The molecule has 0 aliphatic heterocycles. The molecule has 0 nitrogen and oxygen atoms in total. The van der Waals surface area contributed by atoms with Gasteiger partial charge in [0.2, 0.25) is 0 Å². The van der Waals surface area contributed by atoms with Crippen LogP contribution in [0.3, 0.4) is 0 Å². The lowest BCUT2D eigenvalue weighted by Crippen LogP contribution is -2.15. The van der Waals surface area contributed by atoms with Crippen molar-refractivity contribution >= 4 is 32.3 Å². The third kappa shape index (κ3) is 6.03. The maximum Gasteiger partial charge on any atom is 0.0159 e. The molecule has 0 saturated heterocycles. The minimum absolute atomic E-state index is 0.0192. The van der Waals surface area contributed by atoms with Crippen LogP contribution in [0.25, 0.3) is 99.1 Å². The molecule has 0 fully saturated rings. The molecular weight excluding hydrogens is 793 g/mol. The molecule has 0 unspecified atom stereocenters. The third-order valence-corrected chi connectivity index (χ3v) is 15.7. The maximum atomic E-state index is 2.46. The maximum absolute atomic E-state index is 2.46. The SMILES string of the molecule is CC(C)(C)c1cc2ccc3cc(C(C)(C)C)c(-c4ccc(-c5ccc(-c6ccc7c(c6)C(C)(C)c6cc(-c8ccc9c(c8)C(C)(C)c8ccccc8-9)ccc6-7)cc5)cc4)c4ccc(c1)c2c34. The monoisotopic (exact) mass is 850 g/mol. The number of hydrogen-bond donors (Lipinski definition) is 0. The van der Waals surface area contributed by atoms with Gasteiger partial charge in [-0.2, -0.15) is 0 Å².